The maximum Gasteiger partial charge on any atom is 0.250 e. The third-order valence-electron chi connectivity index (χ3n) is 3.64. The minimum Gasteiger partial charge on any atom is -0.382 e. The second kappa shape index (κ2) is 6.57. The summed E-state index contributed by atoms with van der Waals surface area (Å²) in [4.78, 5) is 11.5. The van der Waals surface area contributed by atoms with Crippen LogP contribution in [0.1, 0.15) is 26.2 Å². The van der Waals surface area contributed by atoms with E-state index in [2.05, 4.69) is 17.6 Å². The standard InChI is InChI=1S/C15H22N2O2/c1-11-5-3-8-14(11)16-12-6-4-7-13(9-12)17-15(18)10-19-2/h4,6-7,9,11,14,16H,3,5,8,10H2,1-2H3,(H,17,18). The maximum atomic E-state index is 11.5. The Morgan fingerprint density at radius 2 is 2.16 bits per heavy atom. The molecule has 2 N–H and O–H groups in total. The first-order valence-corrected chi connectivity index (χ1v) is 6.84. The van der Waals surface area contributed by atoms with Gasteiger partial charge < -0.3 is 15.4 Å². The number of anilines is 2. The lowest BCUT2D eigenvalue weighted by atomic mass is 10.1. The number of carbonyl (C=O) groups excluding carboxylic acids is 1. The van der Waals surface area contributed by atoms with Crippen LogP contribution in [0, 0.1) is 5.92 Å². The van der Waals surface area contributed by atoms with Crippen molar-refractivity contribution < 1.29 is 9.53 Å². The predicted molar refractivity (Wildman–Crippen MR) is 77.4 cm³/mol. The highest BCUT2D eigenvalue weighted by Crippen LogP contribution is 2.28. The van der Waals surface area contributed by atoms with Crippen LogP contribution in [-0.2, 0) is 9.53 Å². The van der Waals surface area contributed by atoms with Gasteiger partial charge in [0.15, 0.2) is 0 Å². The van der Waals surface area contributed by atoms with Crippen LogP contribution < -0.4 is 10.6 Å². The van der Waals surface area contributed by atoms with Crippen LogP contribution in [0.2, 0.25) is 0 Å². The van der Waals surface area contributed by atoms with Gasteiger partial charge in [-0.05, 0) is 37.0 Å². The minimum atomic E-state index is -0.131. The van der Waals surface area contributed by atoms with Crippen molar-refractivity contribution in [3.8, 4) is 0 Å². The fraction of sp³-hybridized carbons (Fsp3) is 0.533. The molecule has 1 amide bonds. The topological polar surface area (TPSA) is 50.4 Å². The summed E-state index contributed by atoms with van der Waals surface area (Å²) < 4.78 is 4.80. The van der Waals surface area contributed by atoms with Gasteiger partial charge in [0.25, 0.3) is 0 Å². The number of carbonyl (C=O) groups is 1. The molecule has 4 nitrogen and oxygen atoms in total. The van der Waals surface area contributed by atoms with E-state index in [9.17, 15) is 4.79 Å². The highest BCUT2D eigenvalue weighted by Gasteiger charge is 2.22. The lowest BCUT2D eigenvalue weighted by molar-refractivity contribution is -0.119. The third-order valence-corrected chi connectivity index (χ3v) is 3.64. The molecule has 0 bridgehead atoms. The van der Waals surface area contributed by atoms with Crippen LogP contribution in [0.4, 0.5) is 11.4 Å². The Morgan fingerprint density at radius 1 is 1.37 bits per heavy atom. The third kappa shape index (κ3) is 3.96. The molecular formula is C15H22N2O2. The summed E-state index contributed by atoms with van der Waals surface area (Å²) in [7, 11) is 1.51. The van der Waals surface area contributed by atoms with Crippen molar-refractivity contribution in [1.82, 2.24) is 0 Å². The molecule has 2 atom stereocenters. The van der Waals surface area contributed by atoms with E-state index in [4.69, 9.17) is 4.74 Å². The molecule has 0 aliphatic heterocycles. The van der Waals surface area contributed by atoms with Crippen molar-refractivity contribution >= 4 is 17.3 Å². The van der Waals surface area contributed by atoms with E-state index >= 15 is 0 Å². The van der Waals surface area contributed by atoms with E-state index < -0.39 is 0 Å². The highest BCUT2D eigenvalue weighted by molar-refractivity contribution is 5.92. The molecule has 0 saturated heterocycles. The Morgan fingerprint density at radius 3 is 2.84 bits per heavy atom. The average molecular weight is 262 g/mol. The van der Waals surface area contributed by atoms with Gasteiger partial charge >= 0.3 is 0 Å². The summed E-state index contributed by atoms with van der Waals surface area (Å²) in [5.41, 5.74) is 1.87. The van der Waals surface area contributed by atoms with Crippen molar-refractivity contribution in [3.05, 3.63) is 24.3 Å². The number of methoxy groups -OCH3 is 1. The first-order chi connectivity index (χ1) is 9.19. The van der Waals surface area contributed by atoms with Crippen LogP contribution in [0.5, 0.6) is 0 Å². The second-order valence-corrected chi connectivity index (χ2v) is 5.22. The first-order valence-electron chi connectivity index (χ1n) is 6.84. The molecule has 1 aliphatic rings. The van der Waals surface area contributed by atoms with E-state index in [1.54, 1.807) is 0 Å². The summed E-state index contributed by atoms with van der Waals surface area (Å²) in [5, 5.41) is 6.37. The smallest absolute Gasteiger partial charge is 0.250 e. The quantitative estimate of drug-likeness (QED) is 0.858. The fourth-order valence-electron chi connectivity index (χ4n) is 2.59. The summed E-state index contributed by atoms with van der Waals surface area (Å²) in [5.74, 6) is 0.584. The van der Waals surface area contributed by atoms with Crippen molar-refractivity contribution in [2.75, 3.05) is 24.4 Å². The fourth-order valence-corrected chi connectivity index (χ4v) is 2.59. The molecule has 1 aromatic carbocycles. The summed E-state index contributed by atoms with van der Waals surface area (Å²) in [6.45, 7) is 2.37. The van der Waals surface area contributed by atoms with E-state index in [0.717, 1.165) is 11.4 Å². The molecule has 0 aromatic heterocycles. The Labute approximate surface area is 114 Å². The summed E-state index contributed by atoms with van der Waals surface area (Å²) >= 11 is 0. The van der Waals surface area contributed by atoms with Gasteiger partial charge in [0, 0.05) is 24.5 Å². The minimum absolute atomic E-state index is 0.0807. The molecule has 0 heterocycles. The molecule has 104 valence electrons. The monoisotopic (exact) mass is 262 g/mol. The first kappa shape index (κ1) is 13.9. The molecule has 1 fully saturated rings. The molecule has 2 unspecified atom stereocenters. The van der Waals surface area contributed by atoms with Crippen LogP contribution in [0.25, 0.3) is 0 Å². The van der Waals surface area contributed by atoms with Crippen molar-refractivity contribution in [2.24, 2.45) is 5.92 Å². The number of rotatable bonds is 5. The normalized spacial score (nSPS) is 22.2. The van der Waals surface area contributed by atoms with Crippen LogP contribution >= 0.6 is 0 Å². The molecule has 4 heteroatoms. The van der Waals surface area contributed by atoms with Crippen molar-refractivity contribution in [3.63, 3.8) is 0 Å². The van der Waals surface area contributed by atoms with Gasteiger partial charge in [0.1, 0.15) is 6.61 Å². The SMILES string of the molecule is COCC(=O)Nc1cccc(NC2CCCC2C)c1. The van der Waals surface area contributed by atoms with Gasteiger partial charge in [-0.15, -0.1) is 0 Å². The predicted octanol–water partition coefficient (Wildman–Crippen LogP) is 2.87. The van der Waals surface area contributed by atoms with Gasteiger partial charge in [0.05, 0.1) is 0 Å². The van der Waals surface area contributed by atoms with Crippen LogP contribution in [0.3, 0.4) is 0 Å². The Kier molecular flexibility index (Phi) is 4.80. The number of benzene rings is 1. The molecule has 2 rings (SSSR count). The van der Waals surface area contributed by atoms with Crippen LogP contribution in [0.15, 0.2) is 24.3 Å². The van der Waals surface area contributed by atoms with Gasteiger partial charge in [-0.1, -0.05) is 19.4 Å². The lowest BCUT2D eigenvalue weighted by Crippen LogP contribution is -2.22. The number of nitrogens with one attached hydrogen (secondary N) is 2. The van der Waals surface area contributed by atoms with Gasteiger partial charge in [-0.25, -0.2) is 0 Å². The molecule has 19 heavy (non-hydrogen) atoms. The molecule has 1 aliphatic carbocycles. The van der Waals surface area contributed by atoms with E-state index in [1.165, 1.54) is 26.4 Å². The molecule has 1 saturated carbocycles. The van der Waals surface area contributed by atoms with Gasteiger partial charge in [-0.3, -0.25) is 4.79 Å². The number of amides is 1. The molecular weight excluding hydrogens is 240 g/mol. The number of hydrogen-bond acceptors (Lipinski definition) is 3. The van der Waals surface area contributed by atoms with Gasteiger partial charge in [-0.2, -0.15) is 0 Å². The Hall–Kier alpha value is -1.55. The summed E-state index contributed by atoms with van der Waals surface area (Å²) in [6.07, 6.45) is 3.81. The zero-order chi connectivity index (χ0) is 13.7. The maximum absolute atomic E-state index is 11.5. The zero-order valence-electron chi connectivity index (χ0n) is 11.6. The van der Waals surface area contributed by atoms with Crippen LogP contribution in [-0.4, -0.2) is 25.7 Å². The number of hydrogen-bond donors (Lipinski definition) is 2. The highest BCUT2D eigenvalue weighted by atomic mass is 16.5. The Bertz CT molecular complexity index is 434. The average Bonchev–Trinajstić information content (AvgIpc) is 2.76. The lowest BCUT2D eigenvalue weighted by Gasteiger charge is -2.19. The second-order valence-electron chi connectivity index (χ2n) is 5.22. The number of ether oxygens (including phenoxy) is 1. The van der Waals surface area contributed by atoms with E-state index in [-0.39, 0.29) is 12.5 Å². The molecule has 0 spiro atoms. The van der Waals surface area contributed by atoms with E-state index in [1.807, 2.05) is 24.3 Å². The summed E-state index contributed by atoms with van der Waals surface area (Å²) in [6, 6.07) is 8.39. The van der Waals surface area contributed by atoms with Gasteiger partial charge in [0.2, 0.25) is 5.91 Å². The van der Waals surface area contributed by atoms with Crippen molar-refractivity contribution in [2.45, 2.75) is 32.2 Å². The van der Waals surface area contributed by atoms with Crippen molar-refractivity contribution in [1.29, 1.82) is 0 Å². The van der Waals surface area contributed by atoms with E-state index in [0.29, 0.717) is 12.0 Å². The molecule has 0 radical (unpaired) electrons. The molecule has 1 aromatic rings. The largest absolute Gasteiger partial charge is 0.382 e. The Balaban J connectivity index is 1.96. The zero-order valence-corrected chi connectivity index (χ0v) is 11.6.